The van der Waals surface area contributed by atoms with E-state index in [2.05, 4.69) is 22.1 Å². The number of carbonyl (C=O) groups excluding carboxylic acids is 1. The van der Waals surface area contributed by atoms with Crippen molar-refractivity contribution in [2.75, 3.05) is 6.54 Å². The Balaban J connectivity index is 2.75. The molecule has 1 amide bonds. The van der Waals surface area contributed by atoms with Crippen LogP contribution in [0.25, 0.3) is 0 Å². The van der Waals surface area contributed by atoms with E-state index in [1.165, 1.54) is 0 Å². The molecule has 0 bridgehead atoms. The van der Waals surface area contributed by atoms with E-state index in [-0.39, 0.29) is 11.8 Å². The van der Waals surface area contributed by atoms with Gasteiger partial charge in [-0.2, -0.15) is 0 Å². The molecule has 3 nitrogen and oxygen atoms in total. The fourth-order valence-electron chi connectivity index (χ4n) is 1.41. The Bertz CT molecular complexity index is 486. The molecule has 1 rings (SSSR count). The summed E-state index contributed by atoms with van der Waals surface area (Å²) in [5.41, 5.74) is 1.36. The van der Waals surface area contributed by atoms with E-state index in [1.54, 1.807) is 19.1 Å². The maximum Gasteiger partial charge on any atom is 0.251 e. The molecular weight excluding hydrogens is 248 g/mol. The zero-order valence-electron chi connectivity index (χ0n) is 10.9. The van der Waals surface area contributed by atoms with Gasteiger partial charge in [0.2, 0.25) is 0 Å². The average molecular weight is 265 g/mol. The summed E-state index contributed by atoms with van der Waals surface area (Å²) in [4.78, 5) is 16.1. The SMILES string of the molecule is CC#CCCNC(=O)c1cc(Cl)nc(C(C)C)c1. The van der Waals surface area contributed by atoms with E-state index >= 15 is 0 Å². The van der Waals surface area contributed by atoms with E-state index in [1.807, 2.05) is 13.8 Å². The third kappa shape index (κ3) is 4.38. The summed E-state index contributed by atoms with van der Waals surface area (Å²) >= 11 is 5.91. The van der Waals surface area contributed by atoms with E-state index < -0.39 is 0 Å². The number of pyridine rings is 1. The predicted molar refractivity (Wildman–Crippen MR) is 73.7 cm³/mol. The first-order valence-corrected chi connectivity index (χ1v) is 6.27. The van der Waals surface area contributed by atoms with Crippen molar-refractivity contribution < 1.29 is 4.79 Å². The molecule has 0 aliphatic carbocycles. The van der Waals surface area contributed by atoms with Crippen molar-refractivity contribution in [1.82, 2.24) is 10.3 Å². The lowest BCUT2D eigenvalue weighted by Gasteiger charge is -2.08. The zero-order chi connectivity index (χ0) is 13.5. The Hall–Kier alpha value is -1.53. The normalized spacial score (nSPS) is 9.83. The van der Waals surface area contributed by atoms with Gasteiger partial charge in [-0.15, -0.1) is 11.8 Å². The Morgan fingerprint density at radius 3 is 2.83 bits per heavy atom. The summed E-state index contributed by atoms with van der Waals surface area (Å²) in [5, 5.41) is 3.15. The van der Waals surface area contributed by atoms with Gasteiger partial charge in [0.25, 0.3) is 5.91 Å². The molecule has 0 unspecified atom stereocenters. The van der Waals surface area contributed by atoms with Crippen LogP contribution in [0.4, 0.5) is 0 Å². The Morgan fingerprint density at radius 1 is 1.50 bits per heavy atom. The second kappa shape index (κ2) is 7.03. The maximum atomic E-state index is 11.9. The van der Waals surface area contributed by atoms with Crippen LogP contribution < -0.4 is 5.32 Å². The van der Waals surface area contributed by atoms with Crippen LogP contribution in [0.5, 0.6) is 0 Å². The number of rotatable bonds is 4. The average Bonchev–Trinajstić information content (AvgIpc) is 2.33. The Labute approximate surface area is 113 Å². The molecule has 96 valence electrons. The summed E-state index contributed by atoms with van der Waals surface area (Å²) in [5.74, 6) is 5.77. The molecule has 0 aromatic carbocycles. The number of hydrogen-bond acceptors (Lipinski definition) is 2. The van der Waals surface area contributed by atoms with Crippen molar-refractivity contribution in [2.45, 2.75) is 33.1 Å². The third-order valence-electron chi connectivity index (χ3n) is 2.38. The summed E-state index contributed by atoms with van der Waals surface area (Å²) in [6, 6.07) is 3.35. The van der Waals surface area contributed by atoms with Gasteiger partial charge in [0.05, 0.1) is 0 Å². The van der Waals surface area contributed by atoms with Crippen LogP contribution in [-0.2, 0) is 0 Å². The highest BCUT2D eigenvalue weighted by Gasteiger charge is 2.10. The van der Waals surface area contributed by atoms with Crippen LogP contribution in [0.1, 0.15) is 49.2 Å². The second-order valence-corrected chi connectivity index (χ2v) is 4.58. The first-order valence-electron chi connectivity index (χ1n) is 5.90. The summed E-state index contributed by atoms with van der Waals surface area (Å²) < 4.78 is 0. The number of nitrogens with one attached hydrogen (secondary N) is 1. The first-order chi connectivity index (χ1) is 8.54. The number of amides is 1. The van der Waals surface area contributed by atoms with Gasteiger partial charge in [-0.1, -0.05) is 25.4 Å². The highest BCUT2D eigenvalue weighted by molar-refractivity contribution is 6.29. The van der Waals surface area contributed by atoms with Gasteiger partial charge in [0, 0.05) is 24.2 Å². The molecule has 18 heavy (non-hydrogen) atoms. The van der Waals surface area contributed by atoms with Crippen molar-refractivity contribution in [2.24, 2.45) is 0 Å². The minimum atomic E-state index is -0.140. The molecule has 0 radical (unpaired) electrons. The highest BCUT2D eigenvalue weighted by atomic mass is 35.5. The number of nitrogens with zero attached hydrogens (tertiary/aromatic N) is 1. The number of halogens is 1. The zero-order valence-corrected chi connectivity index (χ0v) is 11.6. The lowest BCUT2D eigenvalue weighted by atomic mass is 10.1. The largest absolute Gasteiger partial charge is 0.351 e. The fourth-order valence-corrected chi connectivity index (χ4v) is 1.62. The first kappa shape index (κ1) is 14.5. The van der Waals surface area contributed by atoms with Gasteiger partial charge in [-0.3, -0.25) is 4.79 Å². The highest BCUT2D eigenvalue weighted by Crippen LogP contribution is 2.17. The molecule has 0 aliphatic heterocycles. The molecule has 0 atom stereocenters. The number of hydrogen-bond donors (Lipinski definition) is 1. The molecule has 1 heterocycles. The molecular formula is C14H17ClN2O. The molecule has 0 spiro atoms. The van der Waals surface area contributed by atoms with Crippen molar-refractivity contribution in [3.8, 4) is 11.8 Å². The lowest BCUT2D eigenvalue weighted by Crippen LogP contribution is -2.24. The Morgan fingerprint density at radius 2 is 2.22 bits per heavy atom. The van der Waals surface area contributed by atoms with Crippen molar-refractivity contribution in [1.29, 1.82) is 0 Å². The molecule has 1 aromatic heterocycles. The van der Waals surface area contributed by atoms with Gasteiger partial charge in [0.1, 0.15) is 5.15 Å². The smallest absolute Gasteiger partial charge is 0.251 e. The molecule has 0 fully saturated rings. The van der Waals surface area contributed by atoms with Crippen molar-refractivity contribution in [3.63, 3.8) is 0 Å². The Kier molecular flexibility index (Phi) is 5.67. The maximum absolute atomic E-state index is 11.9. The predicted octanol–water partition coefficient (Wildman–Crippen LogP) is 3.00. The van der Waals surface area contributed by atoms with Crippen LogP contribution in [-0.4, -0.2) is 17.4 Å². The van der Waals surface area contributed by atoms with Gasteiger partial charge >= 0.3 is 0 Å². The molecule has 0 saturated heterocycles. The number of carbonyl (C=O) groups is 1. The molecule has 4 heteroatoms. The van der Waals surface area contributed by atoms with E-state index in [0.29, 0.717) is 23.7 Å². The van der Waals surface area contributed by atoms with E-state index in [0.717, 1.165) is 5.69 Å². The summed E-state index contributed by atoms with van der Waals surface area (Å²) in [7, 11) is 0. The quantitative estimate of drug-likeness (QED) is 0.516. The molecule has 1 N–H and O–H groups in total. The van der Waals surface area contributed by atoms with Crippen LogP contribution in [0.15, 0.2) is 12.1 Å². The van der Waals surface area contributed by atoms with Gasteiger partial charge in [0.15, 0.2) is 0 Å². The van der Waals surface area contributed by atoms with Crippen molar-refractivity contribution in [3.05, 3.63) is 28.5 Å². The summed E-state index contributed by atoms with van der Waals surface area (Å²) in [6.07, 6.45) is 0.651. The second-order valence-electron chi connectivity index (χ2n) is 4.19. The monoisotopic (exact) mass is 264 g/mol. The van der Waals surface area contributed by atoms with Gasteiger partial charge < -0.3 is 5.32 Å². The van der Waals surface area contributed by atoms with Crippen LogP contribution >= 0.6 is 11.6 Å². The third-order valence-corrected chi connectivity index (χ3v) is 2.57. The minimum absolute atomic E-state index is 0.140. The molecule has 1 aromatic rings. The standard InChI is InChI=1S/C14H17ClN2O/c1-4-5-6-7-16-14(18)11-8-12(10(2)3)17-13(15)9-11/h8-10H,6-7H2,1-3H3,(H,16,18). The summed E-state index contributed by atoms with van der Waals surface area (Å²) in [6.45, 7) is 6.34. The fraction of sp³-hybridized carbons (Fsp3) is 0.429. The lowest BCUT2D eigenvalue weighted by molar-refractivity contribution is 0.0954. The topological polar surface area (TPSA) is 42.0 Å². The van der Waals surface area contributed by atoms with Crippen LogP contribution in [0.2, 0.25) is 5.15 Å². The number of aromatic nitrogens is 1. The minimum Gasteiger partial charge on any atom is -0.351 e. The van der Waals surface area contributed by atoms with E-state index in [9.17, 15) is 4.79 Å². The molecule has 0 saturated carbocycles. The van der Waals surface area contributed by atoms with Gasteiger partial charge in [-0.25, -0.2) is 4.98 Å². The van der Waals surface area contributed by atoms with Crippen LogP contribution in [0.3, 0.4) is 0 Å². The van der Waals surface area contributed by atoms with Crippen LogP contribution in [0, 0.1) is 11.8 Å². The van der Waals surface area contributed by atoms with Gasteiger partial charge in [-0.05, 0) is 25.0 Å². The van der Waals surface area contributed by atoms with Crippen molar-refractivity contribution >= 4 is 17.5 Å². The molecule has 0 aliphatic rings. The van der Waals surface area contributed by atoms with E-state index in [4.69, 9.17) is 11.6 Å².